The van der Waals surface area contributed by atoms with Gasteiger partial charge in [0.1, 0.15) is 11.3 Å². The Morgan fingerprint density at radius 1 is 1.17 bits per heavy atom. The number of rotatable bonds is 3. The molecule has 0 saturated carbocycles. The molecule has 0 unspecified atom stereocenters. The highest BCUT2D eigenvalue weighted by molar-refractivity contribution is 6.01. The molecule has 0 aromatic heterocycles. The van der Waals surface area contributed by atoms with Gasteiger partial charge in [-0.05, 0) is 29.3 Å². The van der Waals surface area contributed by atoms with Crippen LogP contribution < -0.4 is 0 Å². The number of carbonyl (C=O) groups excluding carboxylic acids is 3. The SMILES string of the molecule is O=C(OCC(=O)N1CCCC1=O)c1cc2ccccc2cc1O. The highest BCUT2D eigenvalue weighted by Crippen LogP contribution is 2.25. The average Bonchev–Trinajstić information content (AvgIpc) is 2.97. The van der Waals surface area contributed by atoms with Crippen LogP contribution in [0, 0.1) is 0 Å². The lowest BCUT2D eigenvalue weighted by atomic mass is 10.1. The summed E-state index contributed by atoms with van der Waals surface area (Å²) in [7, 11) is 0. The van der Waals surface area contributed by atoms with E-state index in [4.69, 9.17) is 4.74 Å². The summed E-state index contributed by atoms with van der Waals surface area (Å²) in [5.41, 5.74) is -0.00996. The van der Waals surface area contributed by atoms with Gasteiger partial charge in [0.25, 0.3) is 5.91 Å². The van der Waals surface area contributed by atoms with Gasteiger partial charge in [-0.3, -0.25) is 14.5 Å². The Bertz CT molecular complexity index is 799. The third kappa shape index (κ3) is 3.01. The summed E-state index contributed by atoms with van der Waals surface area (Å²) in [6.07, 6.45) is 0.967. The molecule has 3 rings (SSSR count). The van der Waals surface area contributed by atoms with Crippen molar-refractivity contribution in [1.29, 1.82) is 0 Å². The van der Waals surface area contributed by atoms with Gasteiger partial charge in [0.15, 0.2) is 6.61 Å². The molecule has 118 valence electrons. The van der Waals surface area contributed by atoms with Gasteiger partial charge in [-0.15, -0.1) is 0 Å². The summed E-state index contributed by atoms with van der Waals surface area (Å²) in [4.78, 5) is 36.5. The van der Waals surface area contributed by atoms with E-state index in [1.807, 2.05) is 18.2 Å². The zero-order valence-electron chi connectivity index (χ0n) is 12.3. The zero-order chi connectivity index (χ0) is 16.4. The van der Waals surface area contributed by atoms with Crippen molar-refractivity contribution < 1.29 is 24.2 Å². The Morgan fingerprint density at radius 3 is 2.52 bits per heavy atom. The predicted molar refractivity (Wildman–Crippen MR) is 81.8 cm³/mol. The highest BCUT2D eigenvalue weighted by Gasteiger charge is 2.27. The molecule has 0 spiro atoms. The molecule has 1 fully saturated rings. The van der Waals surface area contributed by atoms with Gasteiger partial charge >= 0.3 is 5.97 Å². The topological polar surface area (TPSA) is 83.9 Å². The lowest BCUT2D eigenvalue weighted by molar-refractivity contribution is -0.143. The summed E-state index contributed by atoms with van der Waals surface area (Å²) in [5.74, 6) is -1.80. The van der Waals surface area contributed by atoms with Crippen LogP contribution in [-0.2, 0) is 14.3 Å². The smallest absolute Gasteiger partial charge is 0.342 e. The number of hydrogen-bond acceptors (Lipinski definition) is 5. The molecule has 0 aliphatic carbocycles. The number of likely N-dealkylation sites (tertiary alicyclic amines) is 1. The van der Waals surface area contributed by atoms with E-state index in [0.29, 0.717) is 19.4 Å². The molecule has 1 heterocycles. The third-order valence-electron chi connectivity index (χ3n) is 3.79. The number of amides is 2. The lowest BCUT2D eigenvalue weighted by Crippen LogP contribution is -2.35. The van der Waals surface area contributed by atoms with Crippen LogP contribution in [0.4, 0.5) is 0 Å². The fourth-order valence-corrected chi connectivity index (χ4v) is 2.59. The standard InChI is InChI=1S/C17H15NO5/c19-14-9-12-5-2-1-4-11(12)8-13(14)17(22)23-10-16(21)18-7-3-6-15(18)20/h1-2,4-5,8-9,19H,3,6-7,10H2. The number of phenolic OH excluding ortho intramolecular Hbond substituents is 1. The number of fused-ring (bicyclic) bond motifs is 1. The number of benzene rings is 2. The Balaban J connectivity index is 1.72. The molecule has 2 amide bonds. The number of imide groups is 1. The molecule has 1 aliphatic heterocycles. The fraction of sp³-hybridized carbons (Fsp3) is 0.235. The Kier molecular flexibility index (Phi) is 3.97. The number of aromatic hydroxyl groups is 1. The number of nitrogens with zero attached hydrogens (tertiary/aromatic N) is 1. The van der Waals surface area contributed by atoms with E-state index in [9.17, 15) is 19.5 Å². The first-order valence-corrected chi connectivity index (χ1v) is 7.28. The van der Waals surface area contributed by atoms with Crippen molar-refractivity contribution in [3.8, 4) is 5.75 Å². The monoisotopic (exact) mass is 313 g/mol. The van der Waals surface area contributed by atoms with Crippen LogP contribution in [0.5, 0.6) is 5.75 Å². The van der Waals surface area contributed by atoms with Crippen LogP contribution in [0.3, 0.4) is 0 Å². The van der Waals surface area contributed by atoms with Crippen LogP contribution in [0.25, 0.3) is 10.8 Å². The van der Waals surface area contributed by atoms with Crippen LogP contribution in [0.2, 0.25) is 0 Å². The summed E-state index contributed by atoms with van der Waals surface area (Å²) in [5, 5.41) is 11.5. The molecule has 6 nitrogen and oxygen atoms in total. The van der Waals surface area contributed by atoms with E-state index in [1.165, 1.54) is 12.1 Å². The third-order valence-corrected chi connectivity index (χ3v) is 3.79. The van der Waals surface area contributed by atoms with E-state index >= 15 is 0 Å². The maximum Gasteiger partial charge on any atom is 0.342 e. The Hall–Kier alpha value is -2.89. The molecule has 0 atom stereocenters. The second-order valence-electron chi connectivity index (χ2n) is 5.34. The van der Waals surface area contributed by atoms with Crippen molar-refractivity contribution >= 4 is 28.6 Å². The zero-order valence-corrected chi connectivity index (χ0v) is 12.3. The minimum Gasteiger partial charge on any atom is -0.507 e. The Morgan fingerprint density at radius 2 is 1.87 bits per heavy atom. The largest absolute Gasteiger partial charge is 0.507 e. The minimum atomic E-state index is -0.798. The average molecular weight is 313 g/mol. The first-order valence-electron chi connectivity index (χ1n) is 7.28. The molecule has 6 heteroatoms. The number of ether oxygens (including phenoxy) is 1. The maximum atomic E-state index is 12.1. The van der Waals surface area contributed by atoms with Crippen molar-refractivity contribution in [3.05, 3.63) is 42.0 Å². The minimum absolute atomic E-state index is 0.00996. The molecule has 1 saturated heterocycles. The van der Waals surface area contributed by atoms with E-state index in [1.54, 1.807) is 6.07 Å². The summed E-state index contributed by atoms with van der Waals surface area (Å²) < 4.78 is 4.94. The molecule has 2 aromatic carbocycles. The number of esters is 1. The van der Waals surface area contributed by atoms with Crippen LogP contribution in [0.15, 0.2) is 36.4 Å². The Labute approximate surface area is 132 Å². The molecular formula is C17H15NO5. The van der Waals surface area contributed by atoms with Gasteiger partial charge in [0.2, 0.25) is 5.91 Å². The number of phenols is 1. The molecule has 2 aromatic rings. The van der Waals surface area contributed by atoms with Crippen molar-refractivity contribution in [3.63, 3.8) is 0 Å². The van der Waals surface area contributed by atoms with Gasteiger partial charge in [0, 0.05) is 13.0 Å². The van der Waals surface area contributed by atoms with Crippen LogP contribution in [-0.4, -0.2) is 40.9 Å². The second-order valence-corrected chi connectivity index (χ2v) is 5.34. The first-order chi connectivity index (χ1) is 11.1. The van der Waals surface area contributed by atoms with E-state index in [2.05, 4.69) is 0 Å². The lowest BCUT2D eigenvalue weighted by Gasteiger charge is -2.13. The second kappa shape index (κ2) is 6.08. The normalized spacial score (nSPS) is 14.3. The summed E-state index contributed by atoms with van der Waals surface area (Å²) >= 11 is 0. The quantitative estimate of drug-likeness (QED) is 0.874. The van der Waals surface area contributed by atoms with E-state index < -0.39 is 18.5 Å². The van der Waals surface area contributed by atoms with Gasteiger partial charge in [-0.1, -0.05) is 24.3 Å². The van der Waals surface area contributed by atoms with E-state index in [0.717, 1.165) is 15.7 Å². The molecule has 1 N–H and O–H groups in total. The van der Waals surface area contributed by atoms with Crippen molar-refractivity contribution in [1.82, 2.24) is 4.90 Å². The molecule has 0 bridgehead atoms. The molecule has 23 heavy (non-hydrogen) atoms. The van der Waals surface area contributed by atoms with Crippen LogP contribution in [0.1, 0.15) is 23.2 Å². The van der Waals surface area contributed by atoms with Crippen molar-refractivity contribution in [2.24, 2.45) is 0 Å². The van der Waals surface area contributed by atoms with Gasteiger partial charge in [-0.25, -0.2) is 4.79 Å². The number of hydrogen-bond donors (Lipinski definition) is 1. The van der Waals surface area contributed by atoms with Gasteiger partial charge < -0.3 is 9.84 Å². The van der Waals surface area contributed by atoms with Gasteiger partial charge in [-0.2, -0.15) is 0 Å². The fourth-order valence-electron chi connectivity index (χ4n) is 2.59. The highest BCUT2D eigenvalue weighted by atomic mass is 16.5. The van der Waals surface area contributed by atoms with E-state index in [-0.39, 0.29) is 17.2 Å². The first kappa shape index (κ1) is 15.0. The van der Waals surface area contributed by atoms with Crippen LogP contribution >= 0.6 is 0 Å². The number of carbonyl (C=O) groups is 3. The van der Waals surface area contributed by atoms with Crippen molar-refractivity contribution in [2.45, 2.75) is 12.8 Å². The summed E-state index contributed by atoms with van der Waals surface area (Å²) in [6, 6.07) is 10.2. The van der Waals surface area contributed by atoms with Gasteiger partial charge in [0.05, 0.1) is 0 Å². The predicted octanol–water partition coefficient (Wildman–Crippen LogP) is 1.85. The molecule has 1 aliphatic rings. The maximum absolute atomic E-state index is 12.1. The molecular weight excluding hydrogens is 298 g/mol. The van der Waals surface area contributed by atoms with Crippen molar-refractivity contribution in [2.75, 3.05) is 13.2 Å². The summed E-state index contributed by atoms with van der Waals surface area (Å²) in [6.45, 7) is -0.159. The molecule has 0 radical (unpaired) electrons.